The molecule has 47 heavy (non-hydrogen) atoms. The summed E-state index contributed by atoms with van der Waals surface area (Å²) in [6.45, 7) is 0. The Hall–Kier alpha value is -6.33. The molecule has 5 heteroatoms. The smallest absolute Gasteiger partial charge is 0.235 e. The van der Waals surface area contributed by atoms with Crippen molar-refractivity contribution in [1.82, 2.24) is 24.1 Å². The molecule has 0 unspecified atom stereocenters. The topological polar surface area (TPSA) is 48.5 Å². The standard InChI is InChI=1S/C42H27N5/c1-3-11-27(12-4-1)29-19-20-31-25-40-43-36(26-46(40)39(31)24-29)30-21-22-38-34(23-30)32-15-8-10-18-37(32)47(38)42-44-35-17-9-7-16-33(35)41(45-42)28-13-5-2-6-14-28/h1-24,26H,25H2. The highest BCUT2D eigenvalue weighted by molar-refractivity contribution is 6.10. The highest BCUT2D eigenvalue weighted by atomic mass is 15.2. The van der Waals surface area contributed by atoms with Gasteiger partial charge in [0.1, 0.15) is 5.82 Å². The fourth-order valence-corrected chi connectivity index (χ4v) is 7.14. The van der Waals surface area contributed by atoms with E-state index in [2.05, 4.69) is 143 Å². The summed E-state index contributed by atoms with van der Waals surface area (Å²) in [5.74, 6) is 1.73. The van der Waals surface area contributed by atoms with Crippen LogP contribution in [0.3, 0.4) is 0 Å². The average Bonchev–Trinajstić information content (AvgIpc) is 3.81. The fourth-order valence-electron chi connectivity index (χ4n) is 7.14. The van der Waals surface area contributed by atoms with Gasteiger partial charge in [0.2, 0.25) is 5.95 Å². The summed E-state index contributed by atoms with van der Waals surface area (Å²) in [5.41, 5.74) is 12.1. The molecule has 5 nitrogen and oxygen atoms in total. The maximum Gasteiger partial charge on any atom is 0.235 e. The lowest BCUT2D eigenvalue weighted by Gasteiger charge is -2.11. The molecule has 1 aliphatic heterocycles. The molecule has 0 N–H and O–H groups in total. The van der Waals surface area contributed by atoms with Gasteiger partial charge >= 0.3 is 0 Å². The molecule has 0 spiro atoms. The normalized spacial score (nSPS) is 12.2. The molecule has 0 atom stereocenters. The van der Waals surface area contributed by atoms with Crippen molar-refractivity contribution in [3.05, 3.63) is 163 Å². The monoisotopic (exact) mass is 601 g/mol. The Morgan fingerprint density at radius 1 is 0.489 bits per heavy atom. The molecule has 3 aromatic heterocycles. The lowest BCUT2D eigenvalue weighted by molar-refractivity contribution is 0.997. The molecule has 0 fully saturated rings. The van der Waals surface area contributed by atoms with E-state index in [0.717, 1.165) is 67.5 Å². The van der Waals surface area contributed by atoms with Gasteiger partial charge in [-0.15, -0.1) is 0 Å². The maximum absolute atomic E-state index is 5.21. The SMILES string of the molecule is c1ccc(-c2ccc3c(c2)-n2cc(-c4ccc5c(c4)c4ccccc4n5-c4nc(-c5ccccc5)c5ccccc5n4)nc2C3)cc1. The summed E-state index contributed by atoms with van der Waals surface area (Å²) < 4.78 is 4.46. The van der Waals surface area contributed by atoms with Crippen molar-refractivity contribution in [2.75, 3.05) is 0 Å². The van der Waals surface area contributed by atoms with Gasteiger partial charge in [0.15, 0.2) is 0 Å². The van der Waals surface area contributed by atoms with Crippen molar-refractivity contribution >= 4 is 32.7 Å². The highest BCUT2D eigenvalue weighted by Crippen LogP contribution is 2.38. The maximum atomic E-state index is 5.21. The highest BCUT2D eigenvalue weighted by Gasteiger charge is 2.23. The van der Waals surface area contributed by atoms with Crippen LogP contribution in [-0.4, -0.2) is 24.1 Å². The molecule has 6 aromatic carbocycles. The minimum atomic E-state index is 0.660. The molecule has 0 amide bonds. The van der Waals surface area contributed by atoms with Gasteiger partial charge in [-0.25, -0.2) is 15.0 Å². The average molecular weight is 602 g/mol. The minimum Gasteiger partial charge on any atom is -0.303 e. The van der Waals surface area contributed by atoms with Crippen LogP contribution in [0.4, 0.5) is 0 Å². The van der Waals surface area contributed by atoms with Crippen molar-refractivity contribution in [2.24, 2.45) is 0 Å². The van der Waals surface area contributed by atoms with Gasteiger partial charge in [-0.2, -0.15) is 0 Å². The molecule has 10 rings (SSSR count). The zero-order valence-corrected chi connectivity index (χ0v) is 25.4. The van der Waals surface area contributed by atoms with E-state index in [4.69, 9.17) is 15.0 Å². The second-order valence-corrected chi connectivity index (χ2v) is 12.1. The molecule has 9 aromatic rings. The van der Waals surface area contributed by atoms with Crippen molar-refractivity contribution in [3.8, 4) is 45.3 Å². The number of aromatic nitrogens is 5. The summed E-state index contributed by atoms with van der Waals surface area (Å²) in [7, 11) is 0. The lowest BCUT2D eigenvalue weighted by atomic mass is 10.0. The first-order chi connectivity index (χ1) is 23.3. The Balaban J connectivity index is 1.12. The van der Waals surface area contributed by atoms with E-state index in [1.54, 1.807) is 0 Å². The minimum absolute atomic E-state index is 0.660. The van der Waals surface area contributed by atoms with Crippen molar-refractivity contribution in [2.45, 2.75) is 6.42 Å². The van der Waals surface area contributed by atoms with Gasteiger partial charge in [0.25, 0.3) is 0 Å². The van der Waals surface area contributed by atoms with Crippen molar-refractivity contribution < 1.29 is 0 Å². The summed E-state index contributed by atoms with van der Waals surface area (Å²) in [4.78, 5) is 15.5. The van der Waals surface area contributed by atoms with Crippen LogP contribution >= 0.6 is 0 Å². The first-order valence-corrected chi connectivity index (χ1v) is 15.9. The van der Waals surface area contributed by atoms with Gasteiger partial charge in [0, 0.05) is 39.9 Å². The van der Waals surface area contributed by atoms with Crippen LogP contribution in [-0.2, 0) is 6.42 Å². The number of nitrogens with zero attached hydrogens (tertiary/aromatic N) is 5. The van der Waals surface area contributed by atoms with Gasteiger partial charge in [-0.05, 0) is 47.0 Å². The number of imidazole rings is 1. The van der Waals surface area contributed by atoms with E-state index >= 15 is 0 Å². The Labute approximate surface area is 271 Å². The predicted molar refractivity (Wildman–Crippen MR) is 190 cm³/mol. The Morgan fingerprint density at radius 2 is 1.19 bits per heavy atom. The van der Waals surface area contributed by atoms with E-state index in [-0.39, 0.29) is 0 Å². The van der Waals surface area contributed by atoms with Gasteiger partial charge < -0.3 is 4.57 Å². The largest absolute Gasteiger partial charge is 0.303 e. The number of hydrogen-bond donors (Lipinski definition) is 0. The zero-order valence-electron chi connectivity index (χ0n) is 25.4. The number of para-hydroxylation sites is 2. The number of benzene rings is 6. The quantitative estimate of drug-likeness (QED) is 0.202. The number of hydrogen-bond acceptors (Lipinski definition) is 3. The van der Waals surface area contributed by atoms with Crippen LogP contribution in [0.15, 0.2) is 152 Å². The third kappa shape index (κ3) is 4.07. The van der Waals surface area contributed by atoms with E-state index in [9.17, 15) is 0 Å². The van der Waals surface area contributed by atoms with E-state index in [1.165, 1.54) is 22.4 Å². The van der Waals surface area contributed by atoms with Crippen LogP contribution < -0.4 is 0 Å². The van der Waals surface area contributed by atoms with Crippen LogP contribution in [0.2, 0.25) is 0 Å². The lowest BCUT2D eigenvalue weighted by Crippen LogP contribution is -2.03. The van der Waals surface area contributed by atoms with Crippen LogP contribution in [0.1, 0.15) is 11.4 Å². The summed E-state index contributed by atoms with van der Waals surface area (Å²) >= 11 is 0. The van der Waals surface area contributed by atoms with Crippen molar-refractivity contribution in [1.29, 1.82) is 0 Å². The molecular weight excluding hydrogens is 574 g/mol. The first kappa shape index (κ1) is 25.9. The van der Waals surface area contributed by atoms with E-state index < -0.39 is 0 Å². The first-order valence-electron chi connectivity index (χ1n) is 15.9. The number of fused-ring (bicyclic) bond motifs is 7. The molecule has 0 bridgehead atoms. The van der Waals surface area contributed by atoms with Gasteiger partial charge in [-0.3, -0.25) is 4.57 Å². The second kappa shape index (κ2) is 10.1. The summed E-state index contributed by atoms with van der Waals surface area (Å²) in [5, 5.41) is 3.35. The molecule has 0 radical (unpaired) electrons. The summed E-state index contributed by atoms with van der Waals surface area (Å²) in [6.07, 6.45) is 3.02. The third-order valence-corrected chi connectivity index (χ3v) is 9.39. The Bertz CT molecular complexity index is 2650. The fraction of sp³-hybridized carbons (Fsp3) is 0.0238. The Morgan fingerprint density at radius 3 is 2.04 bits per heavy atom. The molecule has 4 heterocycles. The van der Waals surface area contributed by atoms with Gasteiger partial charge in [-0.1, -0.05) is 115 Å². The summed E-state index contributed by atoms with van der Waals surface area (Å²) in [6, 6.07) is 51.1. The molecule has 1 aliphatic rings. The molecule has 220 valence electrons. The van der Waals surface area contributed by atoms with Crippen LogP contribution in [0.25, 0.3) is 78.0 Å². The van der Waals surface area contributed by atoms with Crippen LogP contribution in [0, 0.1) is 0 Å². The Kier molecular flexibility index (Phi) is 5.57. The molecular formula is C42H27N5. The van der Waals surface area contributed by atoms with Gasteiger partial charge in [0.05, 0.1) is 33.6 Å². The molecule has 0 saturated carbocycles. The second-order valence-electron chi connectivity index (χ2n) is 12.1. The van der Waals surface area contributed by atoms with Crippen molar-refractivity contribution in [3.63, 3.8) is 0 Å². The van der Waals surface area contributed by atoms with Crippen LogP contribution in [0.5, 0.6) is 0 Å². The molecule has 0 aliphatic carbocycles. The zero-order chi connectivity index (χ0) is 30.9. The predicted octanol–water partition coefficient (Wildman–Crippen LogP) is 9.82. The van der Waals surface area contributed by atoms with E-state index in [0.29, 0.717) is 5.95 Å². The third-order valence-electron chi connectivity index (χ3n) is 9.39. The number of rotatable bonds is 4. The molecule has 0 saturated heterocycles. The van der Waals surface area contributed by atoms with E-state index in [1.807, 2.05) is 18.2 Å².